The highest BCUT2D eigenvalue weighted by Gasteiger charge is 2.07. The van der Waals surface area contributed by atoms with Crippen molar-refractivity contribution in [3.8, 4) is 17.2 Å². The summed E-state index contributed by atoms with van der Waals surface area (Å²) >= 11 is 0. The Morgan fingerprint density at radius 2 is 1.55 bits per heavy atom. The fraction of sp³-hybridized carbons (Fsp3) is 0.160. The lowest BCUT2D eigenvalue weighted by atomic mass is 10.2. The van der Waals surface area contributed by atoms with Gasteiger partial charge in [0.25, 0.3) is 0 Å². The quantitative estimate of drug-likeness (QED) is 0.304. The van der Waals surface area contributed by atoms with Crippen LogP contribution in [0.2, 0.25) is 0 Å². The zero-order chi connectivity index (χ0) is 23.5. The van der Waals surface area contributed by atoms with Gasteiger partial charge in [-0.2, -0.15) is 5.10 Å². The minimum Gasteiger partial charge on any atom is -0.497 e. The van der Waals surface area contributed by atoms with Gasteiger partial charge in [-0.3, -0.25) is 5.43 Å². The molecular formula is C25H26N4O4. The van der Waals surface area contributed by atoms with Crippen molar-refractivity contribution >= 4 is 23.2 Å². The Kier molecular flexibility index (Phi) is 8.41. The van der Waals surface area contributed by atoms with Gasteiger partial charge in [0.2, 0.25) is 0 Å². The highest BCUT2D eigenvalue weighted by Crippen LogP contribution is 2.17. The number of hydrogen-bond donors (Lipinski definition) is 3. The molecule has 0 unspecified atom stereocenters. The number of ether oxygens (including phenoxy) is 3. The minimum atomic E-state index is -0.547. The third-order valence-corrected chi connectivity index (χ3v) is 4.53. The molecule has 0 saturated heterocycles. The van der Waals surface area contributed by atoms with E-state index in [-0.39, 0.29) is 6.61 Å². The molecule has 0 saturated carbocycles. The van der Waals surface area contributed by atoms with Gasteiger partial charge in [0.05, 0.1) is 18.5 Å². The average Bonchev–Trinajstić information content (AvgIpc) is 2.84. The molecule has 3 aromatic rings. The van der Waals surface area contributed by atoms with Crippen molar-refractivity contribution in [2.75, 3.05) is 19.1 Å². The van der Waals surface area contributed by atoms with Crippen LogP contribution in [0.25, 0.3) is 0 Å². The van der Waals surface area contributed by atoms with Gasteiger partial charge in [0, 0.05) is 6.54 Å². The monoisotopic (exact) mass is 446 g/mol. The van der Waals surface area contributed by atoms with E-state index in [4.69, 9.17) is 19.6 Å². The van der Waals surface area contributed by atoms with E-state index in [0.717, 1.165) is 11.3 Å². The number of benzene rings is 3. The Bertz CT molecular complexity index is 1080. The molecular weight excluding hydrogens is 420 g/mol. The Balaban J connectivity index is 1.46. The number of carbonyl (C=O) groups excluding carboxylic acids is 1. The van der Waals surface area contributed by atoms with Crippen molar-refractivity contribution in [1.29, 1.82) is 5.41 Å². The molecule has 1 amide bonds. The lowest BCUT2D eigenvalue weighted by Gasteiger charge is -2.10. The number of nitrogens with one attached hydrogen (secondary N) is 3. The summed E-state index contributed by atoms with van der Waals surface area (Å²) in [5.41, 5.74) is 5.45. The molecule has 33 heavy (non-hydrogen) atoms. The van der Waals surface area contributed by atoms with E-state index < -0.39 is 6.09 Å². The molecule has 0 atom stereocenters. The third-order valence-electron chi connectivity index (χ3n) is 4.53. The number of methoxy groups -OCH3 is 1. The van der Waals surface area contributed by atoms with Crippen molar-refractivity contribution in [2.24, 2.45) is 5.10 Å². The van der Waals surface area contributed by atoms with Crippen LogP contribution in [-0.4, -0.2) is 31.2 Å². The van der Waals surface area contributed by atoms with E-state index in [1.165, 1.54) is 0 Å². The van der Waals surface area contributed by atoms with Crippen LogP contribution in [-0.2, 0) is 6.54 Å². The lowest BCUT2D eigenvalue weighted by Crippen LogP contribution is -2.26. The van der Waals surface area contributed by atoms with Gasteiger partial charge in [-0.05, 0) is 61.0 Å². The molecule has 3 aromatic carbocycles. The summed E-state index contributed by atoms with van der Waals surface area (Å²) in [5.74, 6) is 1.75. The Morgan fingerprint density at radius 3 is 2.18 bits per heavy atom. The number of carbonyl (C=O) groups is 1. The van der Waals surface area contributed by atoms with Gasteiger partial charge < -0.3 is 24.9 Å². The summed E-state index contributed by atoms with van der Waals surface area (Å²) in [4.78, 5) is 12.0. The van der Waals surface area contributed by atoms with Crippen LogP contribution in [0.4, 0.5) is 10.5 Å². The van der Waals surface area contributed by atoms with Crippen LogP contribution in [0.5, 0.6) is 17.2 Å². The van der Waals surface area contributed by atoms with Crippen molar-refractivity contribution in [2.45, 2.75) is 13.5 Å². The summed E-state index contributed by atoms with van der Waals surface area (Å²) in [6, 6.07) is 23.6. The van der Waals surface area contributed by atoms with Gasteiger partial charge in [0.1, 0.15) is 29.6 Å². The van der Waals surface area contributed by atoms with Crippen LogP contribution in [0.1, 0.15) is 12.5 Å². The van der Waals surface area contributed by atoms with Crippen LogP contribution >= 0.6 is 0 Å². The van der Waals surface area contributed by atoms with Gasteiger partial charge in [-0.1, -0.05) is 30.3 Å². The number of hydrogen-bond acceptors (Lipinski definition) is 7. The first-order valence-electron chi connectivity index (χ1n) is 10.3. The normalized spacial score (nSPS) is 10.8. The Hall–Kier alpha value is -4.33. The second-order valence-corrected chi connectivity index (χ2v) is 7.01. The molecule has 8 heteroatoms. The van der Waals surface area contributed by atoms with Crippen molar-refractivity contribution in [1.82, 2.24) is 5.32 Å². The summed E-state index contributed by atoms with van der Waals surface area (Å²) < 4.78 is 16.1. The lowest BCUT2D eigenvalue weighted by molar-refractivity contribution is 0.200. The molecule has 8 nitrogen and oxygen atoms in total. The molecule has 0 aliphatic carbocycles. The molecule has 170 valence electrons. The minimum absolute atomic E-state index is 0.154. The zero-order valence-electron chi connectivity index (χ0n) is 18.5. The standard InChI is InChI=1S/C25H26N4O4/c1-18(26)24(29-28-20-6-4-3-5-7-20)17-32-22-10-8-19(9-11-22)16-27-25(30)33-23-14-12-21(31-2)13-15-23/h3-15,26,28H,16-17H2,1-2H3,(H,27,30)/b26-18?,29-24-. The van der Waals surface area contributed by atoms with E-state index in [9.17, 15) is 4.79 Å². The molecule has 0 aliphatic heterocycles. The van der Waals surface area contributed by atoms with Crippen molar-refractivity contribution in [3.05, 3.63) is 84.4 Å². The number of hydrazone groups is 1. The van der Waals surface area contributed by atoms with E-state index in [1.54, 1.807) is 50.4 Å². The van der Waals surface area contributed by atoms with Crippen molar-refractivity contribution < 1.29 is 19.0 Å². The van der Waals surface area contributed by atoms with E-state index in [0.29, 0.717) is 35.2 Å². The van der Waals surface area contributed by atoms with Gasteiger partial charge >= 0.3 is 6.09 Å². The maximum atomic E-state index is 12.0. The smallest absolute Gasteiger partial charge is 0.412 e. The van der Waals surface area contributed by atoms with E-state index >= 15 is 0 Å². The predicted octanol–water partition coefficient (Wildman–Crippen LogP) is 4.87. The molecule has 0 aromatic heterocycles. The third kappa shape index (κ3) is 7.70. The van der Waals surface area contributed by atoms with Crippen LogP contribution in [0.3, 0.4) is 0 Å². The second kappa shape index (κ2) is 11.9. The summed E-state index contributed by atoms with van der Waals surface area (Å²) in [5, 5.41) is 14.9. The maximum Gasteiger partial charge on any atom is 0.412 e. The molecule has 0 aliphatic rings. The van der Waals surface area contributed by atoms with Crippen molar-refractivity contribution in [3.63, 3.8) is 0 Å². The number of amides is 1. The molecule has 3 rings (SSSR count). The van der Waals surface area contributed by atoms with Crippen LogP contribution < -0.4 is 25.0 Å². The summed E-state index contributed by atoms with van der Waals surface area (Å²) in [6.45, 7) is 2.12. The van der Waals surface area contributed by atoms with Crippen LogP contribution in [0, 0.1) is 5.41 Å². The molecule has 0 bridgehead atoms. The van der Waals surface area contributed by atoms with Gasteiger partial charge in [0.15, 0.2) is 0 Å². The SMILES string of the molecule is COc1ccc(OC(=O)NCc2ccc(OC/C(=N/Nc3ccccc3)C(C)=N)cc2)cc1. The number of para-hydroxylation sites is 1. The average molecular weight is 447 g/mol. The second-order valence-electron chi connectivity index (χ2n) is 7.01. The van der Waals surface area contributed by atoms with E-state index in [1.807, 2.05) is 42.5 Å². The van der Waals surface area contributed by atoms with E-state index in [2.05, 4.69) is 15.8 Å². The first-order chi connectivity index (χ1) is 16.0. The van der Waals surface area contributed by atoms with Gasteiger partial charge in [-0.15, -0.1) is 0 Å². The highest BCUT2D eigenvalue weighted by atomic mass is 16.6. The Morgan fingerprint density at radius 1 is 0.909 bits per heavy atom. The highest BCUT2D eigenvalue weighted by molar-refractivity contribution is 6.41. The maximum absolute atomic E-state index is 12.0. The molecule has 3 N–H and O–H groups in total. The first kappa shape index (κ1) is 23.3. The molecule has 0 fully saturated rings. The fourth-order valence-corrected chi connectivity index (χ4v) is 2.69. The zero-order valence-corrected chi connectivity index (χ0v) is 18.5. The van der Waals surface area contributed by atoms with Gasteiger partial charge in [-0.25, -0.2) is 4.79 Å². The largest absolute Gasteiger partial charge is 0.497 e. The topological polar surface area (TPSA) is 105 Å². The first-order valence-corrected chi connectivity index (χ1v) is 10.3. The number of rotatable bonds is 10. The molecule has 0 heterocycles. The number of anilines is 1. The Labute approximate surface area is 192 Å². The number of nitrogens with zero attached hydrogens (tertiary/aromatic N) is 1. The summed E-state index contributed by atoms with van der Waals surface area (Å²) in [7, 11) is 1.57. The fourth-order valence-electron chi connectivity index (χ4n) is 2.69. The molecule has 0 spiro atoms. The van der Waals surface area contributed by atoms with Crippen LogP contribution in [0.15, 0.2) is 84.0 Å². The predicted molar refractivity (Wildman–Crippen MR) is 129 cm³/mol. The molecule has 0 radical (unpaired) electrons. The summed E-state index contributed by atoms with van der Waals surface area (Å²) in [6.07, 6.45) is -0.547.